The normalized spacial score (nSPS) is 16.9. The molecule has 0 bridgehead atoms. The first-order valence-electron chi connectivity index (χ1n) is 17.1. The van der Waals surface area contributed by atoms with Crippen molar-refractivity contribution in [1.29, 1.82) is 0 Å². The number of aromatic nitrogens is 3. The van der Waals surface area contributed by atoms with Crippen LogP contribution in [0.2, 0.25) is 0 Å². The molecule has 3 aromatic carbocycles. The third-order valence-electron chi connectivity index (χ3n) is 9.33. The number of hydrogen-bond acceptors (Lipinski definition) is 9. The molecule has 254 valence electrons. The topological polar surface area (TPSA) is 139 Å². The molecule has 0 amide bonds. The maximum Gasteiger partial charge on any atom is 0.150 e. The number of benzene rings is 3. The lowest BCUT2D eigenvalue weighted by molar-refractivity contribution is 0.410. The van der Waals surface area contributed by atoms with E-state index >= 15 is 0 Å². The Morgan fingerprint density at radius 1 is 0.654 bits per heavy atom. The zero-order valence-electron chi connectivity index (χ0n) is 29.4. The second-order valence-corrected chi connectivity index (χ2v) is 14.4. The minimum absolute atomic E-state index is 0.135. The van der Waals surface area contributed by atoms with Gasteiger partial charge in [0.05, 0.1) is 34.8 Å². The van der Waals surface area contributed by atoms with Gasteiger partial charge < -0.3 is 22.1 Å². The fourth-order valence-electron chi connectivity index (χ4n) is 6.72. The number of hydrogen-bond donors (Lipinski definition) is 4. The van der Waals surface area contributed by atoms with E-state index in [4.69, 9.17) is 21.5 Å². The number of rotatable bonds is 3. The third-order valence-corrected chi connectivity index (χ3v) is 9.33. The number of nitrogens with zero attached hydrogens (tertiary/aromatic N) is 5. The molecule has 6 aromatic rings. The Morgan fingerprint density at radius 2 is 1.37 bits per heavy atom. The monoisotopic (exact) mass is 679 g/mol. The van der Waals surface area contributed by atoms with Gasteiger partial charge in [-0.05, 0) is 75.7 Å². The van der Waals surface area contributed by atoms with Crippen LogP contribution in [0.4, 0.5) is 11.6 Å². The largest absolute Gasteiger partial charge is 0.383 e. The molecule has 0 saturated carbocycles. The zero-order chi connectivity index (χ0) is 36.0. The summed E-state index contributed by atoms with van der Waals surface area (Å²) in [5.41, 5.74) is 18.6. The Kier molecular flexibility index (Phi) is 7.85. The summed E-state index contributed by atoms with van der Waals surface area (Å²) in [6.07, 6.45) is 5.15. The van der Waals surface area contributed by atoms with Crippen molar-refractivity contribution in [3.05, 3.63) is 136 Å². The number of fused-ring (bicyclic) bond motifs is 2. The van der Waals surface area contributed by atoms with Crippen molar-refractivity contribution in [2.24, 2.45) is 9.98 Å². The van der Waals surface area contributed by atoms with Gasteiger partial charge >= 0.3 is 0 Å². The average Bonchev–Trinajstić information content (AvgIpc) is 3.68. The van der Waals surface area contributed by atoms with Gasteiger partial charge in [-0.25, -0.2) is 9.97 Å². The van der Waals surface area contributed by atoms with Gasteiger partial charge in [-0.15, -0.1) is 0 Å². The molecule has 1 unspecified atom stereocenters. The summed E-state index contributed by atoms with van der Waals surface area (Å²) >= 11 is 0. The molecule has 0 fully saturated rings. The lowest BCUT2D eigenvalue weighted by atomic mass is 9.88. The van der Waals surface area contributed by atoms with Gasteiger partial charge in [-0.3, -0.25) is 15.0 Å². The number of nitrogens with one attached hydrogen (secondary N) is 2. The van der Waals surface area contributed by atoms with Crippen molar-refractivity contribution in [3.63, 3.8) is 0 Å². The molecule has 3 aromatic heterocycles. The number of anilines is 2. The molecule has 8 rings (SSSR count). The smallest absolute Gasteiger partial charge is 0.150 e. The predicted octanol–water partition coefficient (Wildman–Crippen LogP) is 6.14. The number of aliphatic imine (C=N–C) groups is 2. The lowest BCUT2D eigenvalue weighted by Crippen LogP contribution is -2.41. The van der Waals surface area contributed by atoms with Crippen LogP contribution < -0.4 is 22.1 Å². The molecule has 9 heteroatoms. The van der Waals surface area contributed by atoms with Crippen molar-refractivity contribution in [2.75, 3.05) is 18.0 Å². The Balaban J connectivity index is 1.16. The van der Waals surface area contributed by atoms with Crippen LogP contribution in [0.3, 0.4) is 0 Å². The number of nitrogens with two attached hydrogens (primary N) is 2. The van der Waals surface area contributed by atoms with Crippen LogP contribution in [0, 0.1) is 23.7 Å². The first-order valence-corrected chi connectivity index (χ1v) is 17.1. The average molecular weight is 680 g/mol. The maximum absolute atomic E-state index is 6.11. The van der Waals surface area contributed by atoms with Gasteiger partial charge in [-0.2, -0.15) is 0 Å². The van der Waals surface area contributed by atoms with Gasteiger partial charge in [-0.1, -0.05) is 60.1 Å². The molecule has 2 aliphatic rings. The van der Waals surface area contributed by atoms with E-state index in [1.165, 1.54) is 0 Å². The van der Waals surface area contributed by atoms with Crippen LogP contribution in [0.1, 0.15) is 72.7 Å². The molecular formula is C43H37N9. The first-order chi connectivity index (χ1) is 25.0. The minimum Gasteiger partial charge on any atom is -0.383 e. The Labute approximate surface area is 302 Å². The number of pyridine rings is 3. The van der Waals surface area contributed by atoms with E-state index in [9.17, 15) is 0 Å². The molecule has 0 radical (unpaired) electrons. The summed E-state index contributed by atoms with van der Waals surface area (Å²) in [4.78, 5) is 23.3. The van der Waals surface area contributed by atoms with E-state index in [0.29, 0.717) is 23.7 Å². The molecule has 0 saturated heterocycles. The quantitative estimate of drug-likeness (QED) is 0.165. The first kappa shape index (κ1) is 32.5. The molecule has 52 heavy (non-hydrogen) atoms. The van der Waals surface area contributed by atoms with Crippen LogP contribution in [0.5, 0.6) is 0 Å². The van der Waals surface area contributed by atoms with Gasteiger partial charge in [0.1, 0.15) is 28.8 Å². The highest BCUT2D eigenvalue weighted by atomic mass is 15.2. The van der Waals surface area contributed by atoms with Crippen LogP contribution >= 0.6 is 0 Å². The zero-order valence-corrected chi connectivity index (χ0v) is 29.4. The van der Waals surface area contributed by atoms with Gasteiger partial charge in [0.15, 0.2) is 0 Å². The summed E-state index contributed by atoms with van der Waals surface area (Å²) in [6.45, 7) is 9.32. The van der Waals surface area contributed by atoms with Crippen molar-refractivity contribution in [1.82, 2.24) is 25.6 Å². The second kappa shape index (κ2) is 12.6. The maximum atomic E-state index is 6.11. The molecule has 1 atom stereocenters. The van der Waals surface area contributed by atoms with Crippen LogP contribution in [0.25, 0.3) is 21.7 Å². The minimum atomic E-state index is -0.401. The Bertz CT molecular complexity index is 2610. The fraction of sp³-hybridized carbons (Fsp3) is 0.186. The third kappa shape index (κ3) is 6.25. The van der Waals surface area contributed by atoms with Gasteiger partial charge in [0.2, 0.25) is 0 Å². The standard InChI is InChI=1S/C43H37N9/c1-42(2)25-49-40(51-42)32-21-27(15-17-30-24-48-39(45)36-34(30)13-8-18-46-36)20-31(22-32)37-43(3,4)52-41(50-37)28-10-7-9-26(19-28)14-16-29-23-47-38(44)35-12-6-5-11-33(29)35/h5-13,18-24,37H,25H2,1-4H3,(H2,44,47)(H2,45,48)(H,49,51)(H,50,52). The van der Waals surface area contributed by atoms with E-state index in [1.54, 1.807) is 18.6 Å². The van der Waals surface area contributed by atoms with Gasteiger partial charge in [0, 0.05) is 57.0 Å². The summed E-state index contributed by atoms with van der Waals surface area (Å²) in [6, 6.07) is 26.1. The Morgan fingerprint density at radius 3 is 2.15 bits per heavy atom. The van der Waals surface area contributed by atoms with Gasteiger partial charge in [0.25, 0.3) is 0 Å². The van der Waals surface area contributed by atoms with E-state index in [-0.39, 0.29) is 11.6 Å². The molecule has 6 N–H and O–H groups in total. The van der Waals surface area contributed by atoms with Crippen LogP contribution in [-0.4, -0.2) is 44.2 Å². The van der Waals surface area contributed by atoms with E-state index in [1.807, 2.05) is 48.5 Å². The van der Waals surface area contributed by atoms with Crippen LogP contribution in [-0.2, 0) is 0 Å². The summed E-state index contributed by atoms with van der Waals surface area (Å²) < 4.78 is 0. The van der Waals surface area contributed by atoms with Crippen molar-refractivity contribution in [3.8, 4) is 23.7 Å². The van der Waals surface area contributed by atoms with Crippen molar-refractivity contribution >= 4 is 45.0 Å². The summed E-state index contributed by atoms with van der Waals surface area (Å²) in [7, 11) is 0. The molecular weight excluding hydrogens is 643 g/mol. The molecule has 0 spiro atoms. The molecule has 9 nitrogen and oxygen atoms in total. The lowest BCUT2D eigenvalue weighted by Gasteiger charge is -2.27. The molecule has 5 heterocycles. The van der Waals surface area contributed by atoms with E-state index in [2.05, 4.69) is 107 Å². The SMILES string of the molecule is CC1(C)CN=C(c2cc(C#Cc3cnc(N)c4ncccc34)cc(C3N=C(c4cccc(C#Cc5cnc(N)c6ccccc56)c4)NC3(C)C)c2)N1. The molecule has 2 aliphatic heterocycles. The number of amidine groups is 2. The molecule has 0 aliphatic carbocycles. The summed E-state index contributed by atoms with van der Waals surface area (Å²) in [5, 5.41) is 10.0. The second-order valence-electron chi connectivity index (χ2n) is 14.4. The van der Waals surface area contributed by atoms with Crippen LogP contribution in [0.15, 0.2) is 107 Å². The highest BCUT2D eigenvalue weighted by Gasteiger charge is 2.38. The highest BCUT2D eigenvalue weighted by Crippen LogP contribution is 2.36. The van der Waals surface area contributed by atoms with Crippen molar-refractivity contribution in [2.45, 2.75) is 44.8 Å². The van der Waals surface area contributed by atoms with E-state index in [0.717, 1.165) is 66.8 Å². The van der Waals surface area contributed by atoms with Crippen molar-refractivity contribution < 1.29 is 0 Å². The summed E-state index contributed by atoms with van der Waals surface area (Å²) in [5.74, 6) is 15.9. The Hall–Kier alpha value is -6.71. The van der Waals surface area contributed by atoms with E-state index < -0.39 is 5.54 Å². The predicted molar refractivity (Wildman–Crippen MR) is 210 cm³/mol. The highest BCUT2D eigenvalue weighted by molar-refractivity contribution is 6.02. The fourth-order valence-corrected chi connectivity index (χ4v) is 6.72. The number of nitrogen functional groups attached to an aromatic ring is 2.